The van der Waals surface area contributed by atoms with Crippen LogP contribution in [-0.2, 0) is 0 Å². The van der Waals surface area contributed by atoms with Crippen molar-refractivity contribution < 1.29 is 4.74 Å². The number of halogens is 2. The van der Waals surface area contributed by atoms with Crippen LogP contribution in [0.25, 0.3) is 5.57 Å². The van der Waals surface area contributed by atoms with Gasteiger partial charge in [-0.15, -0.1) is 0 Å². The van der Waals surface area contributed by atoms with Gasteiger partial charge in [0.1, 0.15) is 11.9 Å². The highest BCUT2D eigenvalue weighted by molar-refractivity contribution is 9.10. The van der Waals surface area contributed by atoms with Crippen molar-refractivity contribution in [2.24, 2.45) is 0 Å². The second kappa shape index (κ2) is 5.03. The van der Waals surface area contributed by atoms with Crippen LogP contribution in [-0.4, -0.2) is 0 Å². The molecule has 2 aromatic rings. The van der Waals surface area contributed by atoms with Gasteiger partial charge in [-0.25, -0.2) is 0 Å². The van der Waals surface area contributed by atoms with Gasteiger partial charge in [-0.2, -0.15) is 0 Å². The monoisotopic (exact) mass is 334 g/mol. The molecule has 2 aromatic carbocycles. The van der Waals surface area contributed by atoms with Gasteiger partial charge in [0.2, 0.25) is 0 Å². The van der Waals surface area contributed by atoms with Crippen LogP contribution in [0.3, 0.4) is 0 Å². The number of hydrogen-bond acceptors (Lipinski definition) is 1. The van der Waals surface area contributed by atoms with E-state index in [0.717, 1.165) is 38.4 Å². The van der Waals surface area contributed by atoms with Crippen molar-refractivity contribution in [1.29, 1.82) is 0 Å². The van der Waals surface area contributed by atoms with Crippen LogP contribution in [0.5, 0.6) is 5.75 Å². The van der Waals surface area contributed by atoms with Gasteiger partial charge in [-0.05, 0) is 41.5 Å². The van der Waals surface area contributed by atoms with Crippen molar-refractivity contribution in [2.45, 2.75) is 12.5 Å². The molecule has 0 saturated heterocycles. The summed E-state index contributed by atoms with van der Waals surface area (Å²) in [6.07, 6.45) is 0.768. The minimum Gasteiger partial charge on any atom is -0.485 e. The summed E-state index contributed by atoms with van der Waals surface area (Å²) in [7, 11) is 0. The Morgan fingerprint density at radius 1 is 1.21 bits per heavy atom. The molecular formula is C16H12BrClO. The van der Waals surface area contributed by atoms with E-state index in [4.69, 9.17) is 16.3 Å². The molecule has 3 heteroatoms. The van der Waals surface area contributed by atoms with E-state index in [0.29, 0.717) is 0 Å². The molecule has 1 aliphatic rings. The molecule has 0 aromatic heterocycles. The van der Waals surface area contributed by atoms with Crippen molar-refractivity contribution in [3.05, 3.63) is 69.7 Å². The highest BCUT2D eigenvalue weighted by Crippen LogP contribution is 2.41. The maximum absolute atomic E-state index is 6.06. The van der Waals surface area contributed by atoms with Crippen molar-refractivity contribution in [3.8, 4) is 5.75 Å². The fraction of sp³-hybridized carbons (Fsp3) is 0.125. The number of benzene rings is 2. The Balaban J connectivity index is 1.97. The smallest absolute Gasteiger partial charge is 0.128 e. The molecule has 0 N–H and O–H groups in total. The number of hydrogen-bond donors (Lipinski definition) is 0. The molecule has 1 aliphatic heterocycles. The Bertz CT molecular complexity index is 651. The third kappa shape index (κ3) is 2.56. The van der Waals surface area contributed by atoms with Gasteiger partial charge >= 0.3 is 0 Å². The Morgan fingerprint density at radius 3 is 2.84 bits per heavy atom. The Kier molecular flexibility index (Phi) is 3.38. The summed E-state index contributed by atoms with van der Waals surface area (Å²) in [5, 5.41) is 0.730. The van der Waals surface area contributed by atoms with E-state index in [1.165, 1.54) is 0 Å². The summed E-state index contributed by atoms with van der Waals surface area (Å²) in [5.41, 5.74) is 3.25. The maximum Gasteiger partial charge on any atom is 0.128 e. The molecule has 0 aliphatic carbocycles. The van der Waals surface area contributed by atoms with Crippen LogP contribution in [0, 0.1) is 0 Å². The van der Waals surface area contributed by atoms with Crippen LogP contribution in [0.1, 0.15) is 23.7 Å². The first-order chi connectivity index (χ1) is 9.13. The quantitative estimate of drug-likeness (QED) is 0.655. The fourth-order valence-corrected chi connectivity index (χ4v) is 2.86. The van der Waals surface area contributed by atoms with Crippen LogP contribution in [0.15, 0.2) is 53.5 Å². The average molecular weight is 336 g/mol. The summed E-state index contributed by atoms with van der Waals surface area (Å²) in [6.45, 7) is 4.16. The largest absolute Gasteiger partial charge is 0.485 e. The van der Waals surface area contributed by atoms with E-state index in [9.17, 15) is 0 Å². The van der Waals surface area contributed by atoms with E-state index >= 15 is 0 Å². The zero-order valence-corrected chi connectivity index (χ0v) is 12.5. The first kappa shape index (κ1) is 12.8. The highest BCUT2D eigenvalue weighted by atomic mass is 79.9. The third-order valence-corrected chi connectivity index (χ3v) is 3.97. The van der Waals surface area contributed by atoms with Crippen LogP contribution >= 0.6 is 27.5 Å². The van der Waals surface area contributed by atoms with Crippen LogP contribution in [0.4, 0.5) is 0 Å². The van der Waals surface area contributed by atoms with Crippen molar-refractivity contribution >= 4 is 33.1 Å². The van der Waals surface area contributed by atoms with Crippen LogP contribution in [0.2, 0.25) is 5.02 Å². The summed E-state index contributed by atoms with van der Waals surface area (Å²) < 4.78 is 7.10. The molecule has 0 spiro atoms. The Labute approximate surface area is 126 Å². The standard InChI is InChI=1S/C16H12BrClO/c1-10-7-16(11-3-2-4-13(18)8-11)19-15-6-5-12(17)9-14(10)15/h2-6,8-9,16H,1,7H2. The van der Waals surface area contributed by atoms with E-state index in [2.05, 4.69) is 22.5 Å². The molecule has 0 saturated carbocycles. The fourth-order valence-electron chi connectivity index (χ4n) is 2.30. The lowest BCUT2D eigenvalue weighted by Gasteiger charge is -2.28. The van der Waals surface area contributed by atoms with E-state index < -0.39 is 0 Å². The molecule has 1 heterocycles. The summed E-state index contributed by atoms with van der Waals surface area (Å²) in [4.78, 5) is 0. The first-order valence-corrected chi connectivity index (χ1v) is 7.20. The first-order valence-electron chi connectivity index (χ1n) is 6.03. The SMILES string of the molecule is C=C1CC(c2cccc(Cl)c2)Oc2ccc(Br)cc21. The van der Waals surface area contributed by atoms with E-state index in [1.54, 1.807) is 0 Å². The predicted molar refractivity (Wildman–Crippen MR) is 82.6 cm³/mol. The van der Waals surface area contributed by atoms with Crippen molar-refractivity contribution in [3.63, 3.8) is 0 Å². The average Bonchev–Trinajstić information content (AvgIpc) is 2.39. The Hall–Kier alpha value is -1.25. The second-order valence-electron chi connectivity index (χ2n) is 4.61. The molecule has 0 bridgehead atoms. The van der Waals surface area contributed by atoms with Crippen molar-refractivity contribution in [1.82, 2.24) is 0 Å². The van der Waals surface area contributed by atoms with Gasteiger partial charge in [0.25, 0.3) is 0 Å². The van der Waals surface area contributed by atoms with E-state index in [-0.39, 0.29) is 6.10 Å². The van der Waals surface area contributed by atoms with Gasteiger partial charge in [-0.3, -0.25) is 0 Å². The third-order valence-electron chi connectivity index (χ3n) is 3.24. The predicted octanol–water partition coefficient (Wildman–Crippen LogP) is 5.64. The highest BCUT2D eigenvalue weighted by Gasteiger charge is 2.24. The molecule has 3 rings (SSSR count). The van der Waals surface area contributed by atoms with Gasteiger partial charge in [0.15, 0.2) is 0 Å². The number of fused-ring (bicyclic) bond motifs is 1. The molecule has 1 atom stereocenters. The molecule has 19 heavy (non-hydrogen) atoms. The second-order valence-corrected chi connectivity index (χ2v) is 5.96. The summed E-state index contributed by atoms with van der Waals surface area (Å²) >= 11 is 9.51. The maximum atomic E-state index is 6.06. The lowest BCUT2D eigenvalue weighted by Crippen LogP contribution is -2.14. The molecule has 96 valence electrons. The molecule has 1 unspecified atom stereocenters. The molecule has 0 radical (unpaired) electrons. The minimum absolute atomic E-state index is 0.0140. The molecule has 1 nitrogen and oxygen atoms in total. The Morgan fingerprint density at radius 2 is 2.05 bits per heavy atom. The summed E-state index contributed by atoms with van der Waals surface area (Å²) in [6, 6.07) is 13.8. The van der Waals surface area contributed by atoms with Gasteiger partial charge in [-0.1, -0.05) is 46.2 Å². The lowest BCUT2D eigenvalue weighted by atomic mass is 9.94. The minimum atomic E-state index is -0.0140. The molecule has 0 fully saturated rings. The topological polar surface area (TPSA) is 9.23 Å². The molecular weight excluding hydrogens is 324 g/mol. The lowest BCUT2D eigenvalue weighted by molar-refractivity contribution is 0.202. The van der Waals surface area contributed by atoms with Crippen LogP contribution < -0.4 is 4.74 Å². The normalized spacial score (nSPS) is 17.8. The van der Waals surface area contributed by atoms with Gasteiger partial charge in [0.05, 0.1) is 0 Å². The summed E-state index contributed by atoms with van der Waals surface area (Å²) in [5.74, 6) is 0.879. The zero-order chi connectivity index (χ0) is 13.4. The molecule has 0 amide bonds. The number of ether oxygens (including phenoxy) is 1. The van der Waals surface area contributed by atoms with Crippen molar-refractivity contribution in [2.75, 3.05) is 0 Å². The van der Waals surface area contributed by atoms with E-state index in [1.807, 2.05) is 42.5 Å². The number of rotatable bonds is 1. The zero-order valence-electron chi connectivity index (χ0n) is 10.2. The van der Waals surface area contributed by atoms with Gasteiger partial charge in [0, 0.05) is 21.5 Å². The van der Waals surface area contributed by atoms with Gasteiger partial charge < -0.3 is 4.74 Å².